The van der Waals surface area contributed by atoms with Gasteiger partial charge in [0.2, 0.25) is 0 Å². The zero-order valence-electron chi connectivity index (χ0n) is 11.2. The Labute approximate surface area is 116 Å². The number of rotatable bonds is 6. The van der Waals surface area contributed by atoms with E-state index in [-0.39, 0.29) is 0 Å². The second kappa shape index (κ2) is 6.44. The maximum absolute atomic E-state index is 5.06. The van der Waals surface area contributed by atoms with Crippen LogP contribution in [-0.2, 0) is 17.9 Å². The van der Waals surface area contributed by atoms with Crippen molar-refractivity contribution < 1.29 is 4.74 Å². The van der Waals surface area contributed by atoms with Gasteiger partial charge in [-0.15, -0.1) is 11.3 Å². The van der Waals surface area contributed by atoms with Gasteiger partial charge in [-0.05, 0) is 6.92 Å². The lowest BCUT2D eigenvalue weighted by molar-refractivity contribution is 0.178. The van der Waals surface area contributed by atoms with Gasteiger partial charge in [0.1, 0.15) is 23.3 Å². The standard InChI is InChI=1S/C12H17N5OS/c1-8-5-15-12(19-8)6-14-10-4-9(13-2)16-11(17-10)7-18-3/h4-5H,6-7H2,1-3H3,(H2,13,14,16,17). The van der Waals surface area contributed by atoms with Crippen LogP contribution >= 0.6 is 11.3 Å². The van der Waals surface area contributed by atoms with Crippen LogP contribution in [0.5, 0.6) is 0 Å². The van der Waals surface area contributed by atoms with E-state index in [0.717, 1.165) is 16.6 Å². The molecule has 0 saturated carbocycles. The van der Waals surface area contributed by atoms with E-state index in [1.807, 2.05) is 26.2 Å². The predicted molar refractivity (Wildman–Crippen MR) is 76.5 cm³/mol. The minimum Gasteiger partial charge on any atom is -0.377 e. The summed E-state index contributed by atoms with van der Waals surface area (Å²) in [6.45, 7) is 3.09. The van der Waals surface area contributed by atoms with Crippen molar-refractivity contribution in [3.05, 3.63) is 28.0 Å². The number of anilines is 2. The van der Waals surface area contributed by atoms with Crippen molar-refractivity contribution >= 4 is 23.0 Å². The van der Waals surface area contributed by atoms with Gasteiger partial charge in [0, 0.05) is 31.3 Å². The van der Waals surface area contributed by atoms with Crippen LogP contribution < -0.4 is 10.6 Å². The highest BCUT2D eigenvalue weighted by molar-refractivity contribution is 7.11. The first-order valence-electron chi connectivity index (χ1n) is 5.91. The summed E-state index contributed by atoms with van der Waals surface area (Å²) in [5, 5.41) is 7.30. The molecule has 0 unspecified atom stereocenters. The van der Waals surface area contributed by atoms with Crippen LogP contribution in [-0.4, -0.2) is 29.1 Å². The molecule has 7 heteroatoms. The van der Waals surface area contributed by atoms with Crippen molar-refractivity contribution in [2.45, 2.75) is 20.1 Å². The molecule has 0 spiro atoms. The van der Waals surface area contributed by atoms with E-state index in [9.17, 15) is 0 Å². The number of aryl methyl sites for hydroxylation is 1. The molecule has 0 amide bonds. The van der Waals surface area contributed by atoms with Crippen LogP contribution in [0.15, 0.2) is 12.3 Å². The van der Waals surface area contributed by atoms with Crippen LogP contribution in [0.3, 0.4) is 0 Å². The Bertz CT molecular complexity index is 543. The summed E-state index contributed by atoms with van der Waals surface area (Å²) in [6.07, 6.45) is 1.87. The van der Waals surface area contributed by atoms with Gasteiger partial charge in [-0.3, -0.25) is 0 Å². The van der Waals surface area contributed by atoms with Gasteiger partial charge in [0.15, 0.2) is 5.82 Å². The molecule has 6 nitrogen and oxygen atoms in total. The number of nitrogens with zero attached hydrogens (tertiary/aromatic N) is 3. The lowest BCUT2D eigenvalue weighted by atomic mass is 10.4. The molecule has 2 N–H and O–H groups in total. The number of hydrogen-bond donors (Lipinski definition) is 2. The van der Waals surface area contributed by atoms with Crippen LogP contribution in [0.2, 0.25) is 0 Å². The average Bonchev–Trinajstić information content (AvgIpc) is 2.82. The van der Waals surface area contributed by atoms with Crippen LogP contribution in [0.4, 0.5) is 11.6 Å². The highest BCUT2D eigenvalue weighted by Gasteiger charge is 2.05. The third kappa shape index (κ3) is 3.87. The molecule has 0 aliphatic rings. The molecule has 0 aromatic carbocycles. The van der Waals surface area contributed by atoms with E-state index >= 15 is 0 Å². The average molecular weight is 279 g/mol. The lowest BCUT2D eigenvalue weighted by Gasteiger charge is -2.08. The largest absolute Gasteiger partial charge is 0.377 e. The van der Waals surface area contributed by atoms with E-state index < -0.39 is 0 Å². The van der Waals surface area contributed by atoms with E-state index in [4.69, 9.17) is 4.74 Å². The molecule has 2 aromatic rings. The van der Waals surface area contributed by atoms with Crippen LogP contribution in [0.1, 0.15) is 15.7 Å². The SMILES string of the molecule is CNc1cc(NCc2ncc(C)s2)nc(COC)n1. The highest BCUT2D eigenvalue weighted by Crippen LogP contribution is 2.15. The van der Waals surface area contributed by atoms with E-state index in [2.05, 4.69) is 25.6 Å². The smallest absolute Gasteiger partial charge is 0.158 e. The Balaban J connectivity index is 2.08. The Hall–Kier alpha value is -1.73. The minimum absolute atomic E-state index is 0.389. The minimum atomic E-state index is 0.389. The summed E-state index contributed by atoms with van der Waals surface area (Å²) in [5.41, 5.74) is 0. The Morgan fingerprint density at radius 3 is 2.74 bits per heavy atom. The van der Waals surface area contributed by atoms with Crippen molar-refractivity contribution in [1.29, 1.82) is 0 Å². The second-order valence-corrected chi connectivity index (χ2v) is 5.28. The van der Waals surface area contributed by atoms with Gasteiger partial charge in [0.25, 0.3) is 0 Å². The van der Waals surface area contributed by atoms with E-state index in [1.165, 1.54) is 4.88 Å². The van der Waals surface area contributed by atoms with E-state index in [1.54, 1.807) is 18.4 Å². The first kappa shape index (κ1) is 13.7. The Morgan fingerprint density at radius 1 is 1.32 bits per heavy atom. The van der Waals surface area contributed by atoms with Crippen molar-refractivity contribution in [3.63, 3.8) is 0 Å². The van der Waals surface area contributed by atoms with Crippen LogP contribution in [0.25, 0.3) is 0 Å². The maximum atomic E-state index is 5.06. The van der Waals surface area contributed by atoms with Gasteiger partial charge in [0.05, 0.1) is 6.54 Å². The predicted octanol–water partition coefficient (Wildman–Crippen LogP) is 2.04. The molecule has 0 bridgehead atoms. The molecule has 2 rings (SSSR count). The number of thiazole rings is 1. The number of hydrogen-bond acceptors (Lipinski definition) is 7. The molecule has 2 aromatic heterocycles. The summed E-state index contributed by atoms with van der Waals surface area (Å²) < 4.78 is 5.06. The number of ether oxygens (including phenoxy) is 1. The maximum Gasteiger partial charge on any atom is 0.158 e. The fourth-order valence-corrected chi connectivity index (χ4v) is 2.29. The zero-order valence-corrected chi connectivity index (χ0v) is 12.0. The molecule has 2 heterocycles. The Kier molecular flexibility index (Phi) is 4.64. The molecule has 0 aliphatic carbocycles. The van der Waals surface area contributed by atoms with Gasteiger partial charge < -0.3 is 15.4 Å². The van der Waals surface area contributed by atoms with Gasteiger partial charge in [-0.2, -0.15) is 0 Å². The first-order chi connectivity index (χ1) is 9.21. The summed E-state index contributed by atoms with van der Waals surface area (Å²) in [6, 6.07) is 1.86. The number of methoxy groups -OCH3 is 1. The van der Waals surface area contributed by atoms with Crippen molar-refractivity contribution in [3.8, 4) is 0 Å². The zero-order chi connectivity index (χ0) is 13.7. The molecular formula is C12H17N5OS. The molecule has 19 heavy (non-hydrogen) atoms. The molecular weight excluding hydrogens is 262 g/mol. The normalized spacial score (nSPS) is 10.5. The summed E-state index contributed by atoms with van der Waals surface area (Å²) in [4.78, 5) is 14.2. The summed E-state index contributed by atoms with van der Waals surface area (Å²) in [5.74, 6) is 2.17. The molecule has 0 aliphatic heterocycles. The quantitative estimate of drug-likeness (QED) is 0.843. The van der Waals surface area contributed by atoms with Gasteiger partial charge in [-0.25, -0.2) is 15.0 Å². The number of aromatic nitrogens is 3. The molecule has 0 saturated heterocycles. The van der Waals surface area contributed by atoms with Crippen molar-refractivity contribution in [2.24, 2.45) is 0 Å². The fraction of sp³-hybridized carbons (Fsp3) is 0.417. The van der Waals surface area contributed by atoms with Gasteiger partial charge >= 0.3 is 0 Å². The topological polar surface area (TPSA) is 72.0 Å². The van der Waals surface area contributed by atoms with Gasteiger partial charge in [-0.1, -0.05) is 0 Å². The molecule has 102 valence electrons. The highest BCUT2D eigenvalue weighted by atomic mass is 32.1. The van der Waals surface area contributed by atoms with E-state index in [0.29, 0.717) is 19.0 Å². The lowest BCUT2D eigenvalue weighted by Crippen LogP contribution is -2.07. The Morgan fingerprint density at radius 2 is 2.11 bits per heavy atom. The van der Waals surface area contributed by atoms with Crippen molar-refractivity contribution in [2.75, 3.05) is 24.8 Å². The third-order valence-corrected chi connectivity index (χ3v) is 3.30. The monoisotopic (exact) mass is 279 g/mol. The third-order valence-electron chi connectivity index (χ3n) is 2.39. The summed E-state index contributed by atoms with van der Waals surface area (Å²) >= 11 is 1.67. The first-order valence-corrected chi connectivity index (χ1v) is 6.72. The second-order valence-electron chi connectivity index (χ2n) is 3.96. The molecule has 0 fully saturated rings. The fourth-order valence-electron chi connectivity index (χ4n) is 1.56. The summed E-state index contributed by atoms with van der Waals surface area (Å²) in [7, 11) is 3.45. The molecule has 0 radical (unpaired) electrons. The molecule has 0 atom stereocenters. The van der Waals surface area contributed by atoms with Crippen molar-refractivity contribution in [1.82, 2.24) is 15.0 Å². The number of nitrogens with one attached hydrogen (secondary N) is 2. The van der Waals surface area contributed by atoms with Crippen LogP contribution in [0, 0.1) is 6.92 Å².